The molecule has 0 radical (unpaired) electrons. The van der Waals surface area contributed by atoms with Crippen molar-refractivity contribution in [3.63, 3.8) is 0 Å². The molecule has 1 aromatic rings. The Morgan fingerprint density at radius 2 is 1.90 bits per heavy atom. The molecule has 2 rings (SSSR count). The largest absolute Gasteiger partial charge is 0.299 e. The number of ketones is 1. The molecule has 1 amide bonds. The Hall–Kier alpha value is -1.68. The standard InChI is InChI=1S/C15H17ClN2O2/c1-15(2)8-12(7-13(19)9-15)17-18-14(20)10-3-5-11(16)6-4-10/h3-6H,7-9H2,1-2H3,(H,18,20)/b17-12+. The smallest absolute Gasteiger partial charge is 0.271 e. The van der Waals surface area contributed by atoms with Gasteiger partial charge in [-0.05, 0) is 36.1 Å². The van der Waals surface area contributed by atoms with E-state index in [1.54, 1.807) is 24.3 Å². The molecule has 20 heavy (non-hydrogen) atoms. The van der Waals surface area contributed by atoms with Gasteiger partial charge in [-0.2, -0.15) is 5.10 Å². The molecular weight excluding hydrogens is 276 g/mol. The number of carbonyl (C=O) groups excluding carboxylic acids is 2. The predicted molar refractivity (Wildman–Crippen MR) is 79.0 cm³/mol. The summed E-state index contributed by atoms with van der Waals surface area (Å²) in [5.41, 5.74) is 3.63. The molecule has 1 saturated carbocycles. The van der Waals surface area contributed by atoms with Gasteiger partial charge in [0.15, 0.2) is 0 Å². The summed E-state index contributed by atoms with van der Waals surface area (Å²) in [4.78, 5) is 23.5. The first-order valence-electron chi connectivity index (χ1n) is 6.49. The first-order valence-corrected chi connectivity index (χ1v) is 6.87. The topological polar surface area (TPSA) is 58.5 Å². The summed E-state index contributed by atoms with van der Waals surface area (Å²) in [7, 11) is 0. The Morgan fingerprint density at radius 3 is 2.50 bits per heavy atom. The van der Waals surface area contributed by atoms with Crippen LogP contribution in [0, 0.1) is 5.41 Å². The van der Waals surface area contributed by atoms with Gasteiger partial charge in [0.05, 0.1) is 0 Å². The SMILES string of the molecule is CC1(C)CC(=O)C/C(=N\NC(=O)c2ccc(Cl)cc2)C1. The summed E-state index contributed by atoms with van der Waals surface area (Å²) in [6, 6.07) is 6.56. The minimum absolute atomic E-state index is 0.0842. The van der Waals surface area contributed by atoms with Crippen molar-refractivity contribution in [3.05, 3.63) is 34.9 Å². The highest BCUT2D eigenvalue weighted by Gasteiger charge is 2.30. The number of halogens is 1. The van der Waals surface area contributed by atoms with Gasteiger partial charge in [0.25, 0.3) is 5.91 Å². The number of hydrogen-bond acceptors (Lipinski definition) is 3. The second-order valence-electron chi connectivity index (χ2n) is 5.86. The number of hydrogen-bond donors (Lipinski definition) is 1. The Bertz CT molecular complexity index is 562. The molecule has 0 heterocycles. The lowest BCUT2D eigenvalue weighted by molar-refractivity contribution is -0.120. The Balaban J connectivity index is 2.03. The molecule has 1 aromatic carbocycles. The van der Waals surface area contributed by atoms with E-state index in [1.165, 1.54) is 0 Å². The minimum atomic E-state index is -0.301. The molecule has 0 unspecified atom stereocenters. The average Bonchev–Trinajstić information content (AvgIpc) is 2.34. The van der Waals surface area contributed by atoms with Gasteiger partial charge < -0.3 is 0 Å². The maximum atomic E-state index is 11.9. The highest BCUT2D eigenvalue weighted by Crippen LogP contribution is 2.31. The van der Waals surface area contributed by atoms with E-state index in [0.29, 0.717) is 23.4 Å². The van der Waals surface area contributed by atoms with Crippen LogP contribution >= 0.6 is 11.6 Å². The average molecular weight is 293 g/mol. The van der Waals surface area contributed by atoms with Crippen molar-refractivity contribution in [1.82, 2.24) is 5.43 Å². The van der Waals surface area contributed by atoms with E-state index in [4.69, 9.17) is 11.6 Å². The first kappa shape index (κ1) is 14.7. The zero-order valence-electron chi connectivity index (χ0n) is 11.6. The van der Waals surface area contributed by atoms with Crippen LogP contribution in [0.1, 0.15) is 43.5 Å². The molecular formula is C15H17ClN2O2. The van der Waals surface area contributed by atoms with Crippen molar-refractivity contribution < 1.29 is 9.59 Å². The number of nitrogens with one attached hydrogen (secondary N) is 1. The van der Waals surface area contributed by atoms with Crippen LogP contribution in [-0.4, -0.2) is 17.4 Å². The molecule has 1 N–H and O–H groups in total. The number of benzene rings is 1. The fourth-order valence-corrected chi connectivity index (χ4v) is 2.50. The predicted octanol–water partition coefficient (Wildman–Crippen LogP) is 3.21. The van der Waals surface area contributed by atoms with Gasteiger partial charge in [0.1, 0.15) is 5.78 Å². The van der Waals surface area contributed by atoms with Crippen LogP contribution in [0.3, 0.4) is 0 Å². The monoisotopic (exact) mass is 292 g/mol. The third-order valence-electron chi connectivity index (χ3n) is 3.18. The summed E-state index contributed by atoms with van der Waals surface area (Å²) in [5, 5.41) is 4.67. The van der Waals surface area contributed by atoms with Crippen molar-refractivity contribution in [3.8, 4) is 0 Å². The molecule has 4 nitrogen and oxygen atoms in total. The molecule has 0 bridgehead atoms. The van der Waals surface area contributed by atoms with E-state index >= 15 is 0 Å². The van der Waals surface area contributed by atoms with Crippen LogP contribution in [0.5, 0.6) is 0 Å². The molecule has 1 fully saturated rings. The van der Waals surface area contributed by atoms with Crippen LogP contribution in [-0.2, 0) is 4.79 Å². The van der Waals surface area contributed by atoms with Crippen LogP contribution in [0.25, 0.3) is 0 Å². The summed E-state index contributed by atoms with van der Waals surface area (Å²) in [5.74, 6) is -0.134. The van der Waals surface area contributed by atoms with E-state index in [-0.39, 0.29) is 17.1 Å². The summed E-state index contributed by atoms with van der Waals surface area (Å²) >= 11 is 5.77. The summed E-state index contributed by atoms with van der Waals surface area (Å²) < 4.78 is 0. The van der Waals surface area contributed by atoms with Gasteiger partial charge in [-0.1, -0.05) is 25.4 Å². The molecule has 0 saturated heterocycles. The summed E-state index contributed by atoms with van der Waals surface area (Å²) in [6.45, 7) is 4.06. The lowest BCUT2D eigenvalue weighted by Crippen LogP contribution is -2.31. The van der Waals surface area contributed by atoms with Crippen LogP contribution < -0.4 is 5.43 Å². The van der Waals surface area contributed by atoms with E-state index < -0.39 is 0 Å². The minimum Gasteiger partial charge on any atom is -0.299 e. The first-order chi connectivity index (χ1) is 9.35. The second kappa shape index (κ2) is 5.75. The molecule has 106 valence electrons. The molecule has 0 atom stereocenters. The second-order valence-corrected chi connectivity index (χ2v) is 6.30. The molecule has 0 aromatic heterocycles. The molecule has 1 aliphatic carbocycles. The maximum absolute atomic E-state index is 11.9. The summed E-state index contributed by atoms with van der Waals surface area (Å²) in [6.07, 6.45) is 1.61. The highest BCUT2D eigenvalue weighted by molar-refractivity contribution is 6.30. The number of hydrazone groups is 1. The van der Waals surface area contributed by atoms with E-state index in [0.717, 1.165) is 12.1 Å². The third-order valence-corrected chi connectivity index (χ3v) is 3.43. The van der Waals surface area contributed by atoms with Crippen molar-refractivity contribution >= 4 is 29.0 Å². The zero-order chi connectivity index (χ0) is 14.8. The van der Waals surface area contributed by atoms with Crippen molar-refractivity contribution in [2.75, 3.05) is 0 Å². The van der Waals surface area contributed by atoms with Gasteiger partial charge in [-0.3, -0.25) is 9.59 Å². The van der Waals surface area contributed by atoms with Crippen molar-refractivity contribution in [2.24, 2.45) is 10.5 Å². The third kappa shape index (κ3) is 3.90. The van der Waals surface area contributed by atoms with Crippen LogP contribution in [0.15, 0.2) is 29.4 Å². The Morgan fingerprint density at radius 1 is 1.25 bits per heavy atom. The quantitative estimate of drug-likeness (QED) is 0.851. The number of carbonyl (C=O) groups is 2. The molecule has 1 aliphatic rings. The van der Waals surface area contributed by atoms with Crippen LogP contribution in [0.2, 0.25) is 5.02 Å². The van der Waals surface area contributed by atoms with Gasteiger partial charge in [0.2, 0.25) is 0 Å². The van der Waals surface area contributed by atoms with E-state index in [1.807, 2.05) is 13.8 Å². The molecule has 5 heteroatoms. The fraction of sp³-hybridized carbons (Fsp3) is 0.400. The Labute approximate surface area is 123 Å². The van der Waals surface area contributed by atoms with E-state index in [9.17, 15) is 9.59 Å². The van der Waals surface area contributed by atoms with Crippen LogP contribution in [0.4, 0.5) is 0 Å². The normalized spacial score (nSPS) is 19.9. The lowest BCUT2D eigenvalue weighted by Gasteiger charge is -2.28. The Kier molecular flexibility index (Phi) is 4.23. The van der Waals surface area contributed by atoms with E-state index in [2.05, 4.69) is 10.5 Å². The number of amides is 1. The van der Waals surface area contributed by atoms with Gasteiger partial charge in [-0.25, -0.2) is 5.43 Å². The fourth-order valence-electron chi connectivity index (χ4n) is 2.38. The van der Waals surface area contributed by atoms with Gasteiger partial charge in [-0.15, -0.1) is 0 Å². The number of nitrogens with zero attached hydrogens (tertiary/aromatic N) is 1. The number of Topliss-reactive ketones (excluding diaryl/α,β-unsaturated/α-hetero) is 1. The zero-order valence-corrected chi connectivity index (χ0v) is 12.3. The lowest BCUT2D eigenvalue weighted by atomic mass is 9.76. The van der Waals surface area contributed by atoms with Gasteiger partial charge >= 0.3 is 0 Å². The maximum Gasteiger partial charge on any atom is 0.271 e. The molecule has 0 spiro atoms. The van der Waals surface area contributed by atoms with Gasteiger partial charge in [0, 0.05) is 29.1 Å². The number of rotatable bonds is 2. The van der Waals surface area contributed by atoms with Crippen molar-refractivity contribution in [1.29, 1.82) is 0 Å². The van der Waals surface area contributed by atoms with Crippen molar-refractivity contribution in [2.45, 2.75) is 33.1 Å². The molecule has 0 aliphatic heterocycles. The highest BCUT2D eigenvalue weighted by atomic mass is 35.5.